The van der Waals surface area contributed by atoms with Gasteiger partial charge in [0.1, 0.15) is 5.69 Å². The molecule has 1 heterocycles. The molecule has 1 aliphatic carbocycles. The first-order valence-corrected chi connectivity index (χ1v) is 5.84. The maximum absolute atomic E-state index is 12.0. The van der Waals surface area contributed by atoms with Gasteiger partial charge in [0, 0.05) is 6.42 Å². The summed E-state index contributed by atoms with van der Waals surface area (Å²) in [6.45, 7) is 0. The second-order valence-corrected chi connectivity index (χ2v) is 4.44. The van der Waals surface area contributed by atoms with E-state index in [-0.39, 0.29) is 5.78 Å². The third-order valence-electron chi connectivity index (χ3n) is 3.01. The maximum atomic E-state index is 12.0. The number of carbonyl (C=O) groups excluding carboxylic acids is 1. The summed E-state index contributed by atoms with van der Waals surface area (Å²) in [6, 6.07) is 9.62. The average Bonchev–Trinajstić information content (AvgIpc) is 3.04. The van der Waals surface area contributed by atoms with E-state index < -0.39 is 0 Å². The number of aromatic nitrogens is 3. The fourth-order valence-corrected chi connectivity index (χ4v) is 1.87. The van der Waals surface area contributed by atoms with Gasteiger partial charge >= 0.3 is 0 Å². The van der Waals surface area contributed by atoms with E-state index in [9.17, 15) is 4.79 Å². The predicted octanol–water partition coefficient (Wildman–Crippen LogP) is 2.25. The van der Waals surface area contributed by atoms with Crippen molar-refractivity contribution in [1.82, 2.24) is 15.0 Å². The number of ketones is 1. The summed E-state index contributed by atoms with van der Waals surface area (Å²) in [4.78, 5) is 12.0. The highest BCUT2D eigenvalue weighted by molar-refractivity contribution is 5.95. The van der Waals surface area contributed by atoms with E-state index >= 15 is 0 Å². The molecule has 17 heavy (non-hydrogen) atoms. The van der Waals surface area contributed by atoms with E-state index in [0.29, 0.717) is 18.0 Å². The topological polar surface area (TPSA) is 47.8 Å². The molecule has 0 saturated heterocycles. The molecule has 0 aliphatic heterocycles. The molecule has 0 radical (unpaired) electrons. The van der Waals surface area contributed by atoms with Crippen molar-refractivity contribution in [1.29, 1.82) is 0 Å². The lowest BCUT2D eigenvalue weighted by Crippen LogP contribution is -2.09. The van der Waals surface area contributed by atoms with Crippen molar-refractivity contribution in [2.45, 2.75) is 19.3 Å². The van der Waals surface area contributed by atoms with Gasteiger partial charge < -0.3 is 0 Å². The molecule has 0 amide bonds. The molecule has 0 unspecified atom stereocenters. The lowest BCUT2D eigenvalue weighted by Gasteiger charge is -2.04. The van der Waals surface area contributed by atoms with Crippen LogP contribution >= 0.6 is 0 Å². The minimum atomic E-state index is 0.140. The van der Waals surface area contributed by atoms with Gasteiger partial charge in [0.2, 0.25) is 0 Å². The normalized spacial score (nSPS) is 14.8. The molecule has 1 saturated carbocycles. The van der Waals surface area contributed by atoms with Crippen molar-refractivity contribution in [2.75, 3.05) is 0 Å². The van der Waals surface area contributed by atoms with Crippen LogP contribution in [0.4, 0.5) is 0 Å². The molecule has 0 bridgehead atoms. The Morgan fingerprint density at radius 3 is 2.76 bits per heavy atom. The highest BCUT2D eigenvalue weighted by atomic mass is 16.1. The molecule has 4 heteroatoms. The summed E-state index contributed by atoms with van der Waals surface area (Å²) < 4.78 is 1.62. The molecule has 1 fully saturated rings. The van der Waals surface area contributed by atoms with Crippen LogP contribution in [0.5, 0.6) is 0 Å². The van der Waals surface area contributed by atoms with Gasteiger partial charge in [0.15, 0.2) is 5.78 Å². The Labute approximate surface area is 99.3 Å². The van der Waals surface area contributed by atoms with Crippen LogP contribution in [-0.2, 0) is 0 Å². The Hall–Kier alpha value is -1.97. The molecule has 0 atom stereocenters. The monoisotopic (exact) mass is 227 g/mol. The fourth-order valence-electron chi connectivity index (χ4n) is 1.87. The summed E-state index contributed by atoms with van der Waals surface area (Å²) in [7, 11) is 0. The highest BCUT2D eigenvalue weighted by Gasteiger charge is 2.26. The summed E-state index contributed by atoms with van der Waals surface area (Å²) >= 11 is 0. The van der Waals surface area contributed by atoms with Crippen molar-refractivity contribution in [3.05, 3.63) is 42.2 Å². The molecule has 4 nitrogen and oxygen atoms in total. The predicted molar refractivity (Wildman–Crippen MR) is 63.0 cm³/mol. The van der Waals surface area contributed by atoms with E-state index in [1.807, 2.05) is 30.3 Å². The Bertz CT molecular complexity index is 529. The van der Waals surface area contributed by atoms with Crippen molar-refractivity contribution < 1.29 is 4.79 Å². The van der Waals surface area contributed by atoms with E-state index in [0.717, 1.165) is 5.69 Å². The zero-order valence-electron chi connectivity index (χ0n) is 9.41. The molecule has 3 rings (SSSR count). The van der Waals surface area contributed by atoms with E-state index in [1.165, 1.54) is 12.8 Å². The van der Waals surface area contributed by atoms with Gasteiger partial charge in [0.05, 0.1) is 11.9 Å². The Balaban J connectivity index is 1.90. The maximum Gasteiger partial charge on any atom is 0.183 e. The number of carbonyl (C=O) groups is 1. The molecule has 86 valence electrons. The Morgan fingerprint density at radius 1 is 1.29 bits per heavy atom. The molecule has 0 spiro atoms. The molecular formula is C13H13N3O. The first kappa shape index (κ1) is 10.2. The summed E-state index contributed by atoms with van der Waals surface area (Å²) in [5.74, 6) is 0.725. The van der Waals surface area contributed by atoms with E-state index in [2.05, 4.69) is 10.3 Å². The van der Waals surface area contributed by atoms with Gasteiger partial charge in [0.25, 0.3) is 0 Å². The van der Waals surface area contributed by atoms with Gasteiger partial charge in [-0.1, -0.05) is 23.4 Å². The number of hydrogen-bond donors (Lipinski definition) is 0. The van der Waals surface area contributed by atoms with Crippen LogP contribution in [-0.4, -0.2) is 20.8 Å². The second-order valence-electron chi connectivity index (χ2n) is 4.44. The van der Waals surface area contributed by atoms with Crippen LogP contribution < -0.4 is 0 Å². The number of hydrogen-bond acceptors (Lipinski definition) is 3. The molecule has 1 aromatic heterocycles. The van der Waals surface area contributed by atoms with Crippen molar-refractivity contribution in [3.8, 4) is 5.69 Å². The summed E-state index contributed by atoms with van der Waals surface area (Å²) in [5, 5.41) is 7.82. The lowest BCUT2D eigenvalue weighted by atomic mass is 10.1. The van der Waals surface area contributed by atoms with Crippen LogP contribution in [0.25, 0.3) is 5.69 Å². The van der Waals surface area contributed by atoms with Crippen molar-refractivity contribution in [2.24, 2.45) is 5.92 Å². The standard InChI is InChI=1S/C13H13N3O/c17-13(8-10-6-7-10)12-9-14-15-16(12)11-4-2-1-3-5-11/h1-5,9-10H,6-8H2. The van der Waals surface area contributed by atoms with Crippen LogP contribution in [0.3, 0.4) is 0 Å². The number of Topliss-reactive ketones (excluding diaryl/α,β-unsaturated/α-hetero) is 1. The Morgan fingerprint density at radius 2 is 2.06 bits per heavy atom. The van der Waals surface area contributed by atoms with Crippen molar-refractivity contribution >= 4 is 5.78 Å². The second kappa shape index (κ2) is 4.13. The first-order chi connectivity index (χ1) is 8.34. The smallest absolute Gasteiger partial charge is 0.183 e. The first-order valence-electron chi connectivity index (χ1n) is 5.84. The number of para-hydroxylation sites is 1. The van der Waals surface area contributed by atoms with Gasteiger partial charge in [-0.05, 0) is 30.9 Å². The summed E-state index contributed by atoms with van der Waals surface area (Å²) in [5.41, 5.74) is 1.47. The number of nitrogens with zero attached hydrogens (tertiary/aromatic N) is 3. The lowest BCUT2D eigenvalue weighted by molar-refractivity contribution is 0.0968. The third-order valence-corrected chi connectivity index (χ3v) is 3.01. The molecule has 2 aromatic rings. The van der Waals surface area contributed by atoms with Gasteiger partial charge in [-0.15, -0.1) is 5.10 Å². The molecule has 1 aromatic carbocycles. The van der Waals surface area contributed by atoms with Crippen molar-refractivity contribution in [3.63, 3.8) is 0 Å². The minimum Gasteiger partial charge on any atom is -0.292 e. The van der Waals surface area contributed by atoms with Gasteiger partial charge in [-0.3, -0.25) is 4.79 Å². The van der Waals surface area contributed by atoms with Crippen LogP contribution in [0.2, 0.25) is 0 Å². The number of benzene rings is 1. The molecule has 1 aliphatic rings. The largest absolute Gasteiger partial charge is 0.292 e. The average molecular weight is 227 g/mol. The fraction of sp³-hybridized carbons (Fsp3) is 0.308. The third kappa shape index (κ3) is 2.11. The van der Waals surface area contributed by atoms with E-state index in [4.69, 9.17) is 0 Å². The van der Waals surface area contributed by atoms with Crippen LogP contribution in [0.1, 0.15) is 29.8 Å². The van der Waals surface area contributed by atoms with Gasteiger partial charge in [-0.25, -0.2) is 4.68 Å². The van der Waals surface area contributed by atoms with Crippen LogP contribution in [0.15, 0.2) is 36.5 Å². The zero-order valence-corrected chi connectivity index (χ0v) is 9.41. The van der Waals surface area contributed by atoms with Crippen LogP contribution in [0, 0.1) is 5.92 Å². The van der Waals surface area contributed by atoms with Gasteiger partial charge in [-0.2, -0.15) is 0 Å². The minimum absolute atomic E-state index is 0.140. The SMILES string of the molecule is O=C(CC1CC1)c1cnnn1-c1ccccc1. The quantitative estimate of drug-likeness (QED) is 0.753. The van der Waals surface area contributed by atoms with E-state index in [1.54, 1.807) is 10.9 Å². The molecule has 0 N–H and O–H groups in total. The number of rotatable bonds is 4. The molecular weight excluding hydrogens is 214 g/mol. The summed E-state index contributed by atoms with van der Waals surface area (Å²) in [6.07, 6.45) is 4.54. The highest BCUT2D eigenvalue weighted by Crippen LogP contribution is 2.33. The Kier molecular flexibility index (Phi) is 2.48. The zero-order chi connectivity index (χ0) is 11.7.